The standard InChI is InChI=1S/C14H28N4O4.C2H6/c1-11(19)6-5-9-17-13(20)12(15)7-3-4-8-18-14(21)22-10-16-2;1-2/h12,16H,3-10,15H2,1-2H3,(H,17,20)(H,18,21);1-2H3. The Kier molecular flexibility index (Phi) is 18.1. The number of Topliss-reactive ketones (excluding diaryl/α,β-unsaturated/α-hetero) is 1. The van der Waals surface area contributed by atoms with Crippen LogP contribution >= 0.6 is 0 Å². The smallest absolute Gasteiger partial charge is 0.408 e. The van der Waals surface area contributed by atoms with Crippen molar-refractivity contribution in [1.29, 1.82) is 0 Å². The summed E-state index contributed by atoms with van der Waals surface area (Å²) in [6.07, 6.45) is 2.62. The number of amides is 2. The van der Waals surface area contributed by atoms with Gasteiger partial charge < -0.3 is 25.9 Å². The number of carbonyl (C=O) groups excluding carboxylic acids is 3. The molecule has 2 amide bonds. The van der Waals surface area contributed by atoms with E-state index in [2.05, 4.69) is 16.0 Å². The van der Waals surface area contributed by atoms with Gasteiger partial charge in [-0.25, -0.2) is 4.79 Å². The molecule has 0 aliphatic rings. The third-order valence-corrected chi connectivity index (χ3v) is 2.90. The van der Waals surface area contributed by atoms with Crippen molar-refractivity contribution in [3.05, 3.63) is 0 Å². The fourth-order valence-corrected chi connectivity index (χ4v) is 1.68. The van der Waals surface area contributed by atoms with Crippen molar-refractivity contribution in [1.82, 2.24) is 16.0 Å². The number of ether oxygens (including phenoxy) is 1. The molecule has 0 saturated heterocycles. The van der Waals surface area contributed by atoms with Gasteiger partial charge in [-0.2, -0.15) is 0 Å². The summed E-state index contributed by atoms with van der Waals surface area (Å²) in [5, 5.41) is 8.00. The zero-order valence-electron chi connectivity index (χ0n) is 15.4. The molecule has 0 aliphatic heterocycles. The summed E-state index contributed by atoms with van der Waals surface area (Å²) >= 11 is 0. The van der Waals surface area contributed by atoms with E-state index in [1.165, 1.54) is 6.92 Å². The second-order valence-electron chi connectivity index (χ2n) is 5.06. The van der Waals surface area contributed by atoms with Crippen LogP contribution in [0.5, 0.6) is 0 Å². The minimum Gasteiger partial charge on any atom is -0.434 e. The minimum atomic E-state index is -0.562. The van der Waals surface area contributed by atoms with Crippen molar-refractivity contribution in [3.8, 4) is 0 Å². The number of unbranched alkanes of at least 4 members (excludes halogenated alkanes) is 1. The second-order valence-corrected chi connectivity index (χ2v) is 5.06. The van der Waals surface area contributed by atoms with Crippen molar-refractivity contribution < 1.29 is 19.1 Å². The van der Waals surface area contributed by atoms with E-state index in [0.717, 1.165) is 12.8 Å². The molecule has 0 fully saturated rings. The average Bonchev–Trinajstić information content (AvgIpc) is 2.57. The Labute approximate surface area is 145 Å². The molecule has 0 bridgehead atoms. The Bertz CT molecular complexity index is 351. The number of carbonyl (C=O) groups is 3. The van der Waals surface area contributed by atoms with Gasteiger partial charge in [-0.3, -0.25) is 10.1 Å². The van der Waals surface area contributed by atoms with Crippen LogP contribution in [0.2, 0.25) is 0 Å². The first-order chi connectivity index (χ1) is 11.5. The van der Waals surface area contributed by atoms with E-state index in [1.54, 1.807) is 7.05 Å². The Balaban J connectivity index is 0. The molecule has 0 radical (unpaired) electrons. The fourth-order valence-electron chi connectivity index (χ4n) is 1.68. The van der Waals surface area contributed by atoms with Crippen LogP contribution in [0.25, 0.3) is 0 Å². The van der Waals surface area contributed by atoms with Crippen LogP contribution in [-0.4, -0.2) is 50.7 Å². The molecule has 142 valence electrons. The Morgan fingerprint density at radius 1 is 1.04 bits per heavy atom. The topological polar surface area (TPSA) is 123 Å². The summed E-state index contributed by atoms with van der Waals surface area (Å²) in [5.41, 5.74) is 5.77. The zero-order valence-corrected chi connectivity index (χ0v) is 15.4. The van der Waals surface area contributed by atoms with Gasteiger partial charge >= 0.3 is 6.09 Å². The monoisotopic (exact) mass is 346 g/mol. The number of rotatable bonds is 12. The molecular formula is C16H34N4O4. The first-order valence-electron chi connectivity index (χ1n) is 8.55. The summed E-state index contributed by atoms with van der Waals surface area (Å²) in [6.45, 7) is 6.64. The first kappa shape index (κ1) is 24.6. The third kappa shape index (κ3) is 16.7. The van der Waals surface area contributed by atoms with Crippen molar-refractivity contribution in [2.75, 3.05) is 26.9 Å². The number of nitrogens with two attached hydrogens (primary N) is 1. The minimum absolute atomic E-state index is 0.110. The highest BCUT2D eigenvalue weighted by Crippen LogP contribution is 1.99. The van der Waals surface area contributed by atoms with Crippen LogP contribution < -0.4 is 21.7 Å². The Morgan fingerprint density at radius 3 is 2.25 bits per heavy atom. The molecule has 0 saturated carbocycles. The van der Waals surface area contributed by atoms with E-state index in [4.69, 9.17) is 10.5 Å². The highest BCUT2D eigenvalue weighted by atomic mass is 16.6. The molecule has 0 spiro atoms. The summed E-state index contributed by atoms with van der Waals surface area (Å²) in [5.74, 6) is -0.0933. The molecule has 0 aromatic carbocycles. The van der Waals surface area contributed by atoms with Crippen molar-refractivity contribution in [2.45, 2.75) is 58.9 Å². The predicted octanol–water partition coefficient (Wildman–Crippen LogP) is 0.899. The van der Waals surface area contributed by atoms with Crippen molar-refractivity contribution >= 4 is 17.8 Å². The number of ketones is 1. The van der Waals surface area contributed by atoms with Gasteiger partial charge in [-0.05, 0) is 39.7 Å². The van der Waals surface area contributed by atoms with E-state index >= 15 is 0 Å². The molecule has 8 nitrogen and oxygen atoms in total. The quantitative estimate of drug-likeness (QED) is 0.307. The Morgan fingerprint density at radius 2 is 1.67 bits per heavy atom. The highest BCUT2D eigenvalue weighted by Gasteiger charge is 2.12. The van der Waals surface area contributed by atoms with E-state index < -0.39 is 12.1 Å². The van der Waals surface area contributed by atoms with Crippen LogP contribution in [0, 0.1) is 0 Å². The van der Waals surface area contributed by atoms with Crippen LogP contribution in [0.3, 0.4) is 0 Å². The third-order valence-electron chi connectivity index (χ3n) is 2.90. The van der Waals surface area contributed by atoms with Crippen LogP contribution in [-0.2, 0) is 14.3 Å². The van der Waals surface area contributed by atoms with Crippen LogP contribution in [0.4, 0.5) is 4.79 Å². The summed E-state index contributed by atoms with van der Waals surface area (Å²) in [7, 11) is 1.68. The van der Waals surface area contributed by atoms with Crippen LogP contribution in [0.15, 0.2) is 0 Å². The lowest BCUT2D eigenvalue weighted by Crippen LogP contribution is -2.41. The van der Waals surface area contributed by atoms with Gasteiger partial charge in [0, 0.05) is 19.5 Å². The summed E-state index contributed by atoms with van der Waals surface area (Å²) < 4.78 is 4.75. The fraction of sp³-hybridized carbons (Fsp3) is 0.812. The number of hydrogen-bond acceptors (Lipinski definition) is 6. The summed E-state index contributed by atoms with van der Waals surface area (Å²) in [6, 6.07) is -0.562. The predicted molar refractivity (Wildman–Crippen MR) is 94.5 cm³/mol. The molecule has 0 aliphatic carbocycles. The lowest BCUT2D eigenvalue weighted by molar-refractivity contribution is -0.123. The van der Waals surface area contributed by atoms with Gasteiger partial charge in [0.15, 0.2) is 0 Å². The molecular weight excluding hydrogens is 312 g/mol. The molecule has 0 rings (SSSR count). The van der Waals surface area contributed by atoms with Gasteiger partial charge in [0.2, 0.25) is 5.91 Å². The number of hydrogen-bond donors (Lipinski definition) is 4. The SMILES string of the molecule is CC.CNCOC(=O)NCCCCC(N)C(=O)NCCCC(C)=O. The van der Waals surface area contributed by atoms with E-state index in [0.29, 0.717) is 32.4 Å². The van der Waals surface area contributed by atoms with Gasteiger partial charge in [0.25, 0.3) is 0 Å². The zero-order chi connectivity index (χ0) is 18.8. The lowest BCUT2D eigenvalue weighted by atomic mass is 10.1. The molecule has 0 aromatic heterocycles. The van der Waals surface area contributed by atoms with Crippen molar-refractivity contribution in [3.63, 3.8) is 0 Å². The van der Waals surface area contributed by atoms with Gasteiger partial charge in [-0.1, -0.05) is 13.8 Å². The number of alkyl carbamates (subject to hydrolysis) is 1. The largest absolute Gasteiger partial charge is 0.434 e. The maximum atomic E-state index is 11.7. The molecule has 1 atom stereocenters. The van der Waals surface area contributed by atoms with Gasteiger partial charge in [0.05, 0.1) is 6.04 Å². The molecule has 24 heavy (non-hydrogen) atoms. The van der Waals surface area contributed by atoms with Gasteiger partial charge in [0.1, 0.15) is 12.5 Å². The van der Waals surface area contributed by atoms with Gasteiger partial charge in [-0.15, -0.1) is 0 Å². The normalized spacial score (nSPS) is 10.9. The molecule has 0 heterocycles. The summed E-state index contributed by atoms with van der Waals surface area (Å²) in [4.78, 5) is 33.5. The first-order valence-corrected chi connectivity index (χ1v) is 8.55. The van der Waals surface area contributed by atoms with E-state index in [-0.39, 0.29) is 18.4 Å². The maximum Gasteiger partial charge on any atom is 0.408 e. The number of nitrogens with one attached hydrogen (secondary N) is 3. The maximum absolute atomic E-state index is 11.7. The second kappa shape index (κ2) is 17.7. The van der Waals surface area contributed by atoms with E-state index in [9.17, 15) is 14.4 Å². The average molecular weight is 346 g/mol. The lowest BCUT2D eigenvalue weighted by Gasteiger charge is -2.12. The molecule has 5 N–H and O–H groups in total. The molecule has 8 heteroatoms. The Hall–Kier alpha value is -1.67. The van der Waals surface area contributed by atoms with Crippen LogP contribution in [0.1, 0.15) is 52.9 Å². The molecule has 0 aromatic rings. The molecule has 1 unspecified atom stereocenters. The van der Waals surface area contributed by atoms with E-state index in [1.807, 2.05) is 13.8 Å². The van der Waals surface area contributed by atoms with Crippen molar-refractivity contribution in [2.24, 2.45) is 5.73 Å². The highest BCUT2D eigenvalue weighted by molar-refractivity contribution is 5.81.